The van der Waals surface area contributed by atoms with Crippen molar-refractivity contribution in [3.05, 3.63) is 52.8 Å². The van der Waals surface area contributed by atoms with Crippen molar-refractivity contribution in [3.8, 4) is 0 Å². The second-order valence-corrected chi connectivity index (χ2v) is 5.79. The lowest BCUT2D eigenvalue weighted by molar-refractivity contribution is -0.146. The lowest BCUT2D eigenvalue weighted by atomic mass is 9.77. The molecule has 1 heterocycles. The van der Waals surface area contributed by atoms with Crippen LogP contribution in [0.15, 0.2) is 42.3 Å². The summed E-state index contributed by atoms with van der Waals surface area (Å²) in [7, 11) is 0. The molecule has 1 atom stereocenters. The zero-order chi connectivity index (χ0) is 15.3. The quantitative estimate of drug-likeness (QED) is 0.680. The van der Waals surface area contributed by atoms with Gasteiger partial charge in [-0.15, -0.1) is 0 Å². The van der Waals surface area contributed by atoms with Gasteiger partial charge in [-0.1, -0.05) is 37.3 Å². The molecule has 1 aromatic rings. The highest BCUT2D eigenvalue weighted by molar-refractivity contribution is 5.83. The number of carbonyl (C=O) groups excluding carboxylic acids is 1. The molecule has 0 saturated carbocycles. The monoisotopic (exact) mass is 286 g/mol. The minimum atomic E-state index is -0.641. The van der Waals surface area contributed by atoms with Gasteiger partial charge in [0.05, 0.1) is 5.41 Å². The van der Waals surface area contributed by atoms with Crippen LogP contribution in [-0.2, 0) is 11.3 Å². The summed E-state index contributed by atoms with van der Waals surface area (Å²) in [6, 6.07) is 9.87. The van der Waals surface area contributed by atoms with E-state index in [1.54, 1.807) is 0 Å². The number of likely N-dealkylation sites (tertiary alicyclic amines) is 1. The molecule has 21 heavy (non-hydrogen) atoms. The molecule has 5 heteroatoms. The highest BCUT2D eigenvalue weighted by Gasteiger charge is 2.40. The number of diazo groups is 1. The van der Waals surface area contributed by atoms with Gasteiger partial charge < -0.3 is 10.0 Å². The average molecular weight is 286 g/mol. The smallest absolute Gasteiger partial charge is 0.387 e. The number of allylic oxidation sites excluding steroid dienone is 1. The van der Waals surface area contributed by atoms with Gasteiger partial charge in [-0.25, -0.2) is 0 Å². The molecule has 1 fully saturated rings. The Morgan fingerprint density at radius 1 is 1.48 bits per heavy atom. The minimum absolute atomic E-state index is 0.0375. The first-order chi connectivity index (χ1) is 10.0. The predicted molar refractivity (Wildman–Crippen MR) is 79.6 cm³/mol. The third-order valence-corrected chi connectivity index (χ3v) is 3.95. The second-order valence-electron chi connectivity index (χ2n) is 5.79. The standard InChI is InChI=1S/C16H19N3O2/c1-16(10-14(20)11-18-17)8-5-9-19(15(16)21)12-13-6-3-2-4-7-13/h2-4,6-7,11H,5,8-10,12H2,1H3/p+1/b14-11+. The number of piperidine rings is 1. The van der Waals surface area contributed by atoms with E-state index in [-0.39, 0.29) is 18.1 Å². The largest absolute Gasteiger partial charge is 0.505 e. The van der Waals surface area contributed by atoms with Crippen molar-refractivity contribution in [1.29, 1.82) is 5.39 Å². The molecular weight excluding hydrogens is 266 g/mol. The van der Waals surface area contributed by atoms with E-state index in [0.717, 1.165) is 31.1 Å². The molecule has 0 aliphatic carbocycles. The van der Waals surface area contributed by atoms with Crippen LogP contribution in [0.25, 0.3) is 4.98 Å². The Morgan fingerprint density at radius 3 is 2.86 bits per heavy atom. The van der Waals surface area contributed by atoms with Gasteiger partial charge in [-0.3, -0.25) is 4.79 Å². The molecule has 1 amide bonds. The summed E-state index contributed by atoms with van der Waals surface area (Å²) >= 11 is 0. The topological polar surface area (TPSA) is 68.7 Å². The molecule has 110 valence electrons. The molecule has 0 aromatic heterocycles. The van der Waals surface area contributed by atoms with E-state index in [1.165, 1.54) is 0 Å². The summed E-state index contributed by atoms with van der Waals surface area (Å²) in [5.41, 5.74) is 0.457. The van der Waals surface area contributed by atoms with Gasteiger partial charge in [-0.2, -0.15) is 0 Å². The van der Waals surface area contributed by atoms with Crippen LogP contribution in [0.2, 0.25) is 0 Å². The van der Waals surface area contributed by atoms with Gasteiger partial charge in [0, 0.05) is 19.5 Å². The molecule has 1 unspecified atom stereocenters. The summed E-state index contributed by atoms with van der Waals surface area (Å²) in [5.74, 6) is -0.0367. The van der Waals surface area contributed by atoms with Crippen molar-refractivity contribution in [2.75, 3.05) is 6.54 Å². The Kier molecular flexibility index (Phi) is 4.59. The molecule has 1 aromatic carbocycles. The van der Waals surface area contributed by atoms with Crippen molar-refractivity contribution in [2.45, 2.75) is 32.7 Å². The van der Waals surface area contributed by atoms with E-state index >= 15 is 0 Å². The van der Waals surface area contributed by atoms with Gasteiger partial charge in [0.2, 0.25) is 11.3 Å². The third kappa shape index (κ3) is 3.60. The number of aliphatic hydroxyl groups is 1. The molecule has 0 spiro atoms. The van der Waals surface area contributed by atoms with Crippen molar-refractivity contribution < 1.29 is 9.90 Å². The van der Waals surface area contributed by atoms with Gasteiger partial charge >= 0.3 is 6.20 Å². The third-order valence-electron chi connectivity index (χ3n) is 3.95. The van der Waals surface area contributed by atoms with Crippen molar-refractivity contribution >= 4 is 5.91 Å². The summed E-state index contributed by atoms with van der Waals surface area (Å²) in [6.45, 7) is 3.18. The van der Waals surface area contributed by atoms with Crippen LogP contribution in [0.1, 0.15) is 31.7 Å². The fraction of sp³-hybridized carbons (Fsp3) is 0.438. The maximum absolute atomic E-state index is 12.7. The lowest BCUT2D eigenvalue weighted by Crippen LogP contribution is -2.47. The fourth-order valence-corrected chi connectivity index (χ4v) is 2.88. The van der Waals surface area contributed by atoms with Crippen LogP contribution in [-0.4, -0.2) is 22.5 Å². The molecule has 0 radical (unpaired) electrons. The van der Waals surface area contributed by atoms with Gasteiger partial charge in [0.15, 0.2) is 10.7 Å². The average Bonchev–Trinajstić information content (AvgIpc) is 2.45. The number of carbonyl (C=O) groups is 1. The Labute approximate surface area is 124 Å². The van der Waals surface area contributed by atoms with Crippen LogP contribution in [0.3, 0.4) is 0 Å². The summed E-state index contributed by atoms with van der Waals surface area (Å²) in [4.78, 5) is 17.3. The molecule has 1 aliphatic heterocycles. The number of hydrogen-bond donors (Lipinski definition) is 1. The Hall–Kier alpha value is -2.35. The number of hydrogen-bond acceptors (Lipinski definition) is 3. The number of nitrogens with zero attached hydrogens (tertiary/aromatic N) is 3. The summed E-state index contributed by atoms with van der Waals surface area (Å²) in [6.07, 6.45) is 2.80. The number of benzene rings is 1. The second kappa shape index (κ2) is 6.40. The van der Waals surface area contributed by atoms with Crippen molar-refractivity contribution in [2.24, 2.45) is 5.41 Å². The van der Waals surface area contributed by atoms with Crippen LogP contribution in [0.5, 0.6) is 0 Å². The minimum Gasteiger partial charge on any atom is -0.505 e. The number of amides is 1. The Bertz CT molecular complexity index is 577. The summed E-state index contributed by atoms with van der Waals surface area (Å²) in [5, 5.41) is 18.2. The van der Waals surface area contributed by atoms with Crippen molar-refractivity contribution in [3.63, 3.8) is 0 Å². The van der Waals surface area contributed by atoms with Crippen LogP contribution >= 0.6 is 0 Å². The first-order valence-corrected chi connectivity index (χ1v) is 7.11. The van der Waals surface area contributed by atoms with Crippen molar-refractivity contribution in [1.82, 2.24) is 4.90 Å². The predicted octanol–water partition coefficient (Wildman–Crippen LogP) is 3.46. The zero-order valence-corrected chi connectivity index (χ0v) is 12.2. The SMILES string of the molecule is CC1(C/C(O)=C\[N+]#N)CCCN(Cc2ccccc2)C1=O. The lowest BCUT2D eigenvalue weighted by Gasteiger charge is -2.39. The van der Waals surface area contributed by atoms with Gasteiger partial charge in [0.1, 0.15) is 0 Å². The van der Waals surface area contributed by atoms with E-state index in [0.29, 0.717) is 6.54 Å². The molecule has 0 bridgehead atoms. The van der Waals surface area contributed by atoms with E-state index in [4.69, 9.17) is 5.39 Å². The maximum Gasteiger partial charge on any atom is 0.387 e. The molecule has 1 aliphatic rings. The highest BCUT2D eigenvalue weighted by Crippen LogP contribution is 2.36. The normalized spacial score (nSPS) is 23.0. The molecule has 2 rings (SSSR count). The maximum atomic E-state index is 12.7. The molecular formula is C16H20N3O2+. The number of rotatable bonds is 4. The van der Waals surface area contributed by atoms with Gasteiger partial charge in [0.25, 0.3) is 0 Å². The summed E-state index contributed by atoms with van der Waals surface area (Å²) < 4.78 is 0. The highest BCUT2D eigenvalue weighted by atomic mass is 16.3. The fourth-order valence-electron chi connectivity index (χ4n) is 2.88. The molecule has 5 nitrogen and oxygen atoms in total. The van der Waals surface area contributed by atoms with Crippen LogP contribution in [0, 0.1) is 10.8 Å². The molecule has 1 saturated heterocycles. The Balaban J connectivity index is 2.11. The molecule has 1 N–H and O–H groups in total. The van der Waals surface area contributed by atoms with Crippen LogP contribution < -0.4 is 0 Å². The number of aliphatic hydroxyl groups excluding tert-OH is 1. The Morgan fingerprint density at radius 2 is 2.19 bits per heavy atom. The van der Waals surface area contributed by atoms with E-state index < -0.39 is 5.41 Å². The van der Waals surface area contributed by atoms with Gasteiger partial charge in [-0.05, 0) is 18.4 Å². The van der Waals surface area contributed by atoms with E-state index in [1.807, 2.05) is 42.2 Å². The zero-order valence-electron chi connectivity index (χ0n) is 12.2. The van der Waals surface area contributed by atoms with Crippen LogP contribution in [0.4, 0.5) is 0 Å². The first-order valence-electron chi connectivity index (χ1n) is 7.11. The first kappa shape index (κ1) is 15.0. The van der Waals surface area contributed by atoms with E-state index in [2.05, 4.69) is 4.98 Å². The van der Waals surface area contributed by atoms with E-state index in [9.17, 15) is 9.90 Å².